The van der Waals surface area contributed by atoms with Crippen molar-refractivity contribution < 1.29 is 23.8 Å². The summed E-state index contributed by atoms with van der Waals surface area (Å²) in [6.45, 7) is 5.45. The van der Waals surface area contributed by atoms with Crippen LogP contribution >= 0.6 is 23.5 Å². The Hall–Kier alpha value is -0.790. The van der Waals surface area contributed by atoms with Gasteiger partial charge in [0.25, 0.3) is 0 Å². The van der Waals surface area contributed by atoms with E-state index in [4.69, 9.17) is 4.74 Å². The van der Waals surface area contributed by atoms with E-state index < -0.39 is 17.2 Å². The number of allylic oxidation sites excluding steroid dienone is 4. The summed E-state index contributed by atoms with van der Waals surface area (Å²) in [7, 11) is 0. The van der Waals surface area contributed by atoms with Crippen LogP contribution in [0.25, 0.3) is 0 Å². The van der Waals surface area contributed by atoms with Crippen LogP contribution in [0.1, 0.15) is 52.9 Å². The van der Waals surface area contributed by atoms with Crippen molar-refractivity contribution in [2.45, 2.75) is 68.7 Å². The lowest BCUT2D eigenvalue weighted by Gasteiger charge is -2.63. The second-order valence-electron chi connectivity index (χ2n) is 9.66. The van der Waals surface area contributed by atoms with Gasteiger partial charge in [-0.3, -0.25) is 9.59 Å². The largest absolute Gasteiger partial charge is 0.455 e. The second-order valence-corrected chi connectivity index (χ2v) is 12.2. The number of hydrogen-bond donors (Lipinski definition) is 1. The molecule has 0 saturated heterocycles. The number of aliphatic hydroxyl groups is 1. The molecule has 30 heavy (non-hydrogen) atoms. The van der Waals surface area contributed by atoms with Crippen LogP contribution in [0.2, 0.25) is 0 Å². The zero-order chi connectivity index (χ0) is 21.9. The van der Waals surface area contributed by atoms with Gasteiger partial charge in [0.15, 0.2) is 11.5 Å². The number of aliphatic hydroxyl groups excluding tert-OH is 1. The summed E-state index contributed by atoms with van der Waals surface area (Å²) in [5, 5.41) is 11.4. The Balaban J connectivity index is 1.70. The van der Waals surface area contributed by atoms with Crippen LogP contribution < -0.4 is 0 Å². The molecule has 4 aliphatic rings. The topological polar surface area (TPSA) is 63.6 Å². The van der Waals surface area contributed by atoms with Gasteiger partial charge >= 0.3 is 5.97 Å². The number of fused-ring (bicyclic) bond motifs is 5. The number of thioether (sulfide) groups is 2. The van der Waals surface area contributed by atoms with Crippen molar-refractivity contribution in [3.63, 3.8) is 0 Å². The predicted octanol–water partition coefficient (Wildman–Crippen LogP) is 4.67. The monoisotopic (exact) mass is 454 g/mol. The number of halogens is 1. The van der Waals surface area contributed by atoms with Gasteiger partial charge in [0.05, 0.1) is 10.2 Å². The predicted molar refractivity (Wildman–Crippen MR) is 119 cm³/mol. The van der Waals surface area contributed by atoms with Crippen molar-refractivity contribution >= 4 is 35.3 Å². The Morgan fingerprint density at radius 1 is 1.33 bits per heavy atom. The first-order valence-corrected chi connectivity index (χ1v) is 12.9. The van der Waals surface area contributed by atoms with E-state index in [1.807, 2.05) is 6.92 Å². The van der Waals surface area contributed by atoms with Crippen LogP contribution in [-0.2, 0) is 14.3 Å². The maximum absolute atomic E-state index is 17.0. The lowest BCUT2D eigenvalue weighted by atomic mass is 9.46. The molecule has 0 aromatic carbocycles. The van der Waals surface area contributed by atoms with E-state index in [2.05, 4.69) is 13.2 Å². The van der Waals surface area contributed by atoms with Gasteiger partial charge in [-0.1, -0.05) is 18.6 Å². The van der Waals surface area contributed by atoms with E-state index in [0.29, 0.717) is 19.3 Å². The molecular formula is C23H31FO4S2. The second kappa shape index (κ2) is 7.38. The molecule has 0 aromatic heterocycles. The molecule has 0 heterocycles. The molecule has 3 saturated carbocycles. The van der Waals surface area contributed by atoms with Crippen LogP contribution in [0, 0.1) is 22.7 Å². The summed E-state index contributed by atoms with van der Waals surface area (Å²) in [5.41, 5.74) is -2.19. The fourth-order valence-corrected chi connectivity index (χ4v) is 9.88. The van der Waals surface area contributed by atoms with Crippen molar-refractivity contribution in [2.24, 2.45) is 22.7 Å². The summed E-state index contributed by atoms with van der Waals surface area (Å²) >= 11 is 3.37. The molecule has 7 atom stereocenters. The molecule has 0 spiro atoms. The van der Waals surface area contributed by atoms with Gasteiger partial charge in [-0.25, -0.2) is 4.39 Å². The lowest BCUT2D eigenvalue weighted by Crippen LogP contribution is -2.67. The molecule has 4 aliphatic carbocycles. The van der Waals surface area contributed by atoms with Gasteiger partial charge in [-0.2, -0.15) is 0 Å². The number of carbonyl (C=O) groups is 2. The summed E-state index contributed by atoms with van der Waals surface area (Å²) in [6, 6.07) is 0. The Labute approximate surface area is 186 Å². The summed E-state index contributed by atoms with van der Waals surface area (Å²) in [6.07, 6.45) is 9.19. The van der Waals surface area contributed by atoms with E-state index in [9.17, 15) is 14.7 Å². The minimum absolute atomic E-state index is 0.0937. The van der Waals surface area contributed by atoms with Crippen LogP contribution in [0.4, 0.5) is 4.39 Å². The standard InChI is InChI=1S/C23H31FO4S2/c1-14(25)28-13-30-22(29-4)10-8-17-18-6-5-15-11-16(26)7-9-20(15,2)23(18,24)19(27)12-21(17,22)3/h7,9,11,17-19,27H,5-6,8,10,12-13H2,1-4H3/t17-,18-,19-,20-,21-,22+,23?/m0/s1. The van der Waals surface area contributed by atoms with Gasteiger partial charge in [-0.15, -0.1) is 23.5 Å². The molecule has 166 valence electrons. The van der Waals surface area contributed by atoms with Crippen molar-refractivity contribution in [2.75, 3.05) is 12.2 Å². The minimum Gasteiger partial charge on any atom is -0.455 e. The Morgan fingerprint density at radius 3 is 2.73 bits per heavy atom. The number of alkyl halides is 1. The first-order valence-electron chi connectivity index (χ1n) is 10.7. The molecule has 0 radical (unpaired) electrons. The average molecular weight is 455 g/mol. The minimum atomic E-state index is -1.78. The molecule has 1 N–H and O–H groups in total. The zero-order valence-electron chi connectivity index (χ0n) is 18.1. The summed E-state index contributed by atoms with van der Waals surface area (Å²) in [4.78, 5) is 23.2. The smallest absolute Gasteiger partial charge is 0.303 e. The highest BCUT2D eigenvalue weighted by Gasteiger charge is 2.73. The SMILES string of the molecule is CS[C@@]1(SCOC(C)=O)CC[C@H]2[C@@H]3CCC4=CC(=O)C=C[C@]4(C)C3(F)[C@@H](O)C[C@@]21C. The van der Waals surface area contributed by atoms with Crippen molar-refractivity contribution in [1.29, 1.82) is 0 Å². The van der Waals surface area contributed by atoms with Crippen LogP contribution in [-0.4, -0.2) is 44.9 Å². The van der Waals surface area contributed by atoms with Crippen molar-refractivity contribution in [3.8, 4) is 0 Å². The lowest BCUT2D eigenvalue weighted by molar-refractivity contribution is -0.189. The number of hydrogen-bond acceptors (Lipinski definition) is 6. The first-order chi connectivity index (χ1) is 14.0. The normalized spacial score (nSPS) is 47.2. The quantitative estimate of drug-likeness (QED) is 0.492. The van der Waals surface area contributed by atoms with E-state index in [1.165, 1.54) is 13.0 Å². The third-order valence-corrected chi connectivity index (χ3v) is 12.1. The highest BCUT2D eigenvalue weighted by Crippen LogP contribution is 2.73. The number of carbonyl (C=O) groups excluding carboxylic acids is 2. The first kappa shape index (κ1) is 22.4. The summed E-state index contributed by atoms with van der Waals surface area (Å²) < 4.78 is 22.0. The Kier molecular flexibility index (Phi) is 5.51. The summed E-state index contributed by atoms with van der Waals surface area (Å²) in [5.74, 6) is -0.260. The van der Waals surface area contributed by atoms with Crippen LogP contribution in [0.5, 0.6) is 0 Å². The Morgan fingerprint density at radius 2 is 2.07 bits per heavy atom. The number of ketones is 1. The Bertz CT molecular complexity index is 828. The van der Waals surface area contributed by atoms with Gasteiger partial charge in [0.1, 0.15) is 5.94 Å². The molecule has 1 unspecified atom stereocenters. The molecule has 4 rings (SSSR count). The number of esters is 1. The molecule has 3 fully saturated rings. The van der Waals surface area contributed by atoms with Crippen molar-refractivity contribution in [1.82, 2.24) is 0 Å². The van der Waals surface area contributed by atoms with Gasteiger partial charge in [0, 0.05) is 18.3 Å². The van der Waals surface area contributed by atoms with Crippen molar-refractivity contribution in [3.05, 3.63) is 23.8 Å². The van der Waals surface area contributed by atoms with Crippen LogP contribution in [0.3, 0.4) is 0 Å². The van der Waals surface area contributed by atoms with E-state index in [-0.39, 0.29) is 39.0 Å². The third-order valence-electron chi connectivity index (χ3n) is 8.57. The van der Waals surface area contributed by atoms with Gasteiger partial charge < -0.3 is 9.84 Å². The van der Waals surface area contributed by atoms with E-state index in [0.717, 1.165) is 18.4 Å². The van der Waals surface area contributed by atoms with Gasteiger partial charge in [0.2, 0.25) is 0 Å². The average Bonchev–Trinajstić information content (AvgIpc) is 2.96. The number of rotatable bonds is 4. The molecule has 0 bridgehead atoms. The third kappa shape index (κ3) is 2.83. The molecular weight excluding hydrogens is 423 g/mol. The maximum Gasteiger partial charge on any atom is 0.303 e. The molecule has 0 aliphatic heterocycles. The molecule has 0 amide bonds. The molecule has 0 aromatic rings. The fraction of sp³-hybridized carbons (Fsp3) is 0.739. The fourth-order valence-electron chi connectivity index (χ4n) is 7.00. The van der Waals surface area contributed by atoms with E-state index in [1.54, 1.807) is 35.7 Å². The molecule has 4 nitrogen and oxygen atoms in total. The zero-order valence-corrected chi connectivity index (χ0v) is 19.7. The maximum atomic E-state index is 17.0. The highest BCUT2D eigenvalue weighted by molar-refractivity contribution is 8.18. The highest BCUT2D eigenvalue weighted by atomic mass is 32.2. The molecule has 7 heteroatoms. The van der Waals surface area contributed by atoms with Gasteiger partial charge in [-0.05, 0) is 68.8 Å². The number of ether oxygens (including phenoxy) is 1. The van der Waals surface area contributed by atoms with Crippen LogP contribution in [0.15, 0.2) is 23.8 Å². The van der Waals surface area contributed by atoms with E-state index >= 15 is 4.39 Å².